The van der Waals surface area contributed by atoms with Gasteiger partial charge in [0.2, 0.25) is 0 Å². The van der Waals surface area contributed by atoms with Crippen molar-refractivity contribution in [3.63, 3.8) is 0 Å². The Labute approximate surface area is 139 Å². The lowest BCUT2D eigenvalue weighted by Gasteiger charge is -2.22. The minimum Gasteiger partial charge on any atom is -0.294 e. The van der Waals surface area contributed by atoms with Gasteiger partial charge in [0.25, 0.3) is 0 Å². The van der Waals surface area contributed by atoms with Gasteiger partial charge in [0.1, 0.15) is 0 Å². The van der Waals surface area contributed by atoms with Crippen LogP contribution in [0, 0.1) is 6.42 Å². The number of hydrogen-bond acceptors (Lipinski definition) is 1. The molecule has 3 aromatic carbocycles. The lowest BCUT2D eigenvalue weighted by atomic mass is 10.1. The summed E-state index contributed by atoms with van der Waals surface area (Å²) < 4.78 is 0. The van der Waals surface area contributed by atoms with Gasteiger partial charge in [-0.25, -0.2) is 0 Å². The molecule has 0 saturated carbocycles. The van der Waals surface area contributed by atoms with Crippen LogP contribution in [0.4, 0.5) is 0 Å². The van der Waals surface area contributed by atoms with Gasteiger partial charge in [-0.2, -0.15) is 0 Å². The fourth-order valence-corrected chi connectivity index (χ4v) is 2.69. The molecule has 0 aliphatic heterocycles. The van der Waals surface area contributed by atoms with Crippen molar-refractivity contribution in [2.45, 2.75) is 13.1 Å². The monoisotopic (exact) mass is 300 g/mol. The molecule has 0 aromatic heterocycles. The van der Waals surface area contributed by atoms with Crippen molar-refractivity contribution in [1.82, 2.24) is 4.90 Å². The lowest BCUT2D eigenvalue weighted by molar-refractivity contribution is 0.279. The zero-order chi connectivity index (χ0) is 15.7. The minimum absolute atomic E-state index is 0.938. The van der Waals surface area contributed by atoms with Crippen molar-refractivity contribution in [3.8, 4) is 0 Å². The Morgan fingerprint density at radius 2 is 1.00 bits per heavy atom. The Balaban J connectivity index is 1.67. The first-order valence-electron chi connectivity index (χ1n) is 8.08. The summed E-state index contributed by atoms with van der Waals surface area (Å²) in [7, 11) is 0. The minimum atomic E-state index is 0.938. The second kappa shape index (κ2) is 8.30. The van der Waals surface area contributed by atoms with Crippen molar-refractivity contribution in [3.05, 3.63) is 114 Å². The van der Waals surface area contributed by atoms with Crippen LogP contribution in [-0.2, 0) is 13.1 Å². The molecule has 1 heteroatoms. The first-order valence-corrected chi connectivity index (χ1v) is 8.08. The molecule has 0 amide bonds. The van der Waals surface area contributed by atoms with Crippen molar-refractivity contribution in [1.29, 1.82) is 0 Å². The number of rotatable bonds is 7. The molecule has 0 atom stereocenters. The maximum absolute atomic E-state index is 2.47. The van der Waals surface area contributed by atoms with Crippen LogP contribution in [0.3, 0.4) is 0 Å². The van der Waals surface area contributed by atoms with Gasteiger partial charge < -0.3 is 0 Å². The Morgan fingerprint density at radius 1 is 0.565 bits per heavy atom. The second-order valence-electron chi connectivity index (χ2n) is 5.76. The van der Waals surface area contributed by atoms with E-state index in [2.05, 4.69) is 102 Å². The van der Waals surface area contributed by atoms with E-state index in [1.807, 2.05) is 0 Å². The fourth-order valence-electron chi connectivity index (χ4n) is 2.69. The van der Waals surface area contributed by atoms with Crippen LogP contribution in [-0.4, -0.2) is 11.4 Å². The molecule has 0 heterocycles. The van der Waals surface area contributed by atoms with Crippen LogP contribution < -0.4 is 0 Å². The summed E-state index contributed by atoms with van der Waals surface area (Å²) >= 11 is 0. The normalized spacial score (nSPS) is 10.8. The Morgan fingerprint density at radius 3 is 1.48 bits per heavy atom. The molecule has 3 rings (SSSR count). The molecule has 115 valence electrons. The van der Waals surface area contributed by atoms with Crippen LogP contribution in [0.1, 0.15) is 16.7 Å². The summed E-state index contributed by atoms with van der Waals surface area (Å²) in [6.45, 7) is 2.85. The smallest absolute Gasteiger partial charge is 0.0237 e. The fraction of sp³-hybridized carbons (Fsp3) is 0.136. The van der Waals surface area contributed by atoms with Gasteiger partial charge in [-0.15, -0.1) is 0 Å². The van der Waals surface area contributed by atoms with Crippen LogP contribution in [0.2, 0.25) is 0 Å². The molecular weight excluding hydrogens is 278 g/mol. The van der Waals surface area contributed by atoms with E-state index in [0.29, 0.717) is 0 Å². The van der Waals surface area contributed by atoms with Gasteiger partial charge >= 0.3 is 0 Å². The van der Waals surface area contributed by atoms with Crippen molar-refractivity contribution in [2.24, 2.45) is 0 Å². The molecule has 0 bridgehead atoms. The summed E-state index contributed by atoms with van der Waals surface area (Å²) in [6, 6.07) is 31.9. The summed E-state index contributed by atoms with van der Waals surface area (Å²) in [5.41, 5.74) is 3.98. The molecule has 0 N–H and O–H groups in total. The van der Waals surface area contributed by atoms with Crippen LogP contribution in [0.15, 0.2) is 91.0 Å². The summed E-state index contributed by atoms with van der Waals surface area (Å²) in [5, 5.41) is 0. The number of hydrogen-bond donors (Lipinski definition) is 0. The van der Waals surface area contributed by atoms with Crippen LogP contribution in [0.25, 0.3) is 0 Å². The molecular formula is C22H22N. The Hall–Kier alpha value is -2.38. The highest BCUT2D eigenvalue weighted by atomic mass is 15.1. The average Bonchev–Trinajstić information content (AvgIpc) is 2.62. The van der Waals surface area contributed by atoms with E-state index in [1.165, 1.54) is 16.7 Å². The van der Waals surface area contributed by atoms with E-state index in [-0.39, 0.29) is 0 Å². The standard InChI is InChI=1S/C22H22N/c1-4-10-20(11-5-1)16-17-23(18-21-12-6-2-7-13-21)19-22-14-8-3-9-15-22/h1-16H,17-19H2. The number of nitrogens with zero attached hydrogens (tertiary/aromatic N) is 1. The highest BCUT2D eigenvalue weighted by Gasteiger charge is 2.07. The largest absolute Gasteiger partial charge is 0.294 e. The zero-order valence-corrected chi connectivity index (χ0v) is 13.3. The predicted molar refractivity (Wildman–Crippen MR) is 96.8 cm³/mol. The third-order valence-corrected chi connectivity index (χ3v) is 3.88. The first kappa shape index (κ1) is 15.5. The Bertz CT molecular complexity index is 635. The predicted octanol–water partition coefficient (Wildman–Crippen LogP) is 4.94. The summed E-state index contributed by atoms with van der Waals surface area (Å²) in [4.78, 5) is 2.47. The van der Waals surface area contributed by atoms with Gasteiger partial charge in [-0.3, -0.25) is 4.90 Å². The maximum Gasteiger partial charge on any atom is 0.0237 e. The summed E-state index contributed by atoms with van der Waals surface area (Å²) in [5.74, 6) is 0. The molecule has 0 saturated heterocycles. The summed E-state index contributed by atoms with van der Waals surface area (Å²) in [6.07, 6.45) is 2.30. The van der Waals surface area contributed by atoms with Crippen molar-refractivity contribution in [2.75, 3.05) is 6.54 Å². The quantitative estimate of drug-likeness (QED) is 0.597. The lowest BCUT2D eigenvalue weighted by Crippen LogP contribution is -2.24. The topological polar surface area (TPSA) is 3.24 Å². The molecule has 1 radical (unpaired) electrons. The SMILES string of the molecule is [CH](CN(Cc1ccccc1)Cc1ccccc1)c1ccccc1. The van der Waals surface area contributed by atoms with E-state index in [9.17, 15) is 0 Å². The van der Waals surface area contributed by atoms with Gasteiger partial charge in [0.05, 0.1) is 0 Å². The van der Waals surface area contributed by atoms with E-state index >= 15 is 0 Å². The third-order valence-electron chi connectivity index (χ3n) is 3.88. The van der Waals surface area contributed by atoms with Gasteiger partial charge in [0, 0.05) is 26.1 Å². The molecule has 0 aliphatic rings. The molecule has 0 spiro atoms. The van der Waals surface area contributed by atoms with E-state index in [1.54, 1.807) is 0 Å². The van der Waals surface area contributed by atoms with E-state index < -0.39 is 0 Å². The van der Waals surface area contributed by atoms with Crippen molar-refractivity contribution >= 4 is 0 Å². The number of benzene rings is 3. The van der Waals surface area contributed by atoms with Gasteiger partial charge in [0.15, 0.2) is 0 Å². The first-order chi connectivity index (χ1) is 11.4. The molecule has 3 aromatic rings. The molecule has 1 nitrogen and oxygen atoms in total. The second-order valence-corrected chi connectivity index (χ2v) is 5.76. The highest BCUT2D eigenvalue weighted by Crippen LogP contribution is 2.12. The van der Waals surface area contributed by atoms with Crippen LogP contribution >= 0.6 is 0 Å². The van der Waals surface area contributed by atoms with E-state index in [0.717, 1.165) is 19.6 Å². The molecule has 0 aliphatic carbocycles. The molecule has 23 heavy (non-hydrogen) atoms. The van der Waals surface area contributed by atoms with Crippen LogP contribution in [0.5, 0.6) is 0 Å². The van der Waals surface area contributed by atoms with E-state index in [4.69, 9.17) is 0 Å². The van der Waals surface area contributed by atoms with Gasteiger partial charge in [-0.1, -0.05) is 91.0 Å². The van der Waals surface area contributed by atoms with Crippen molar-refractivity contribution < 1.29 is 0 Å². The third kappa shape index (κ3) is 5.08. The molecule has 0 fully saturated rings. The average molecular weight is 300 g/mol. The molecule has 0 unspecified atom stereocenters. The highest BCUT2D eigenvalue weighted by molar-refractivity contribution is 5.23. The van der Waals surface area contributed by atoms with Gasteiger partial charge in [-0.05, 0) is 16.7 Å². The zero-order valence-electron chi connectivity index (χ0n) is 13.3. The maximum atomic E-state index is 2.47. The Kier molecular flexibility index (Phi) is 5.60.